The highest BCUT2D eigenvalue weighted by molar-refractivity contribution is 7.07. The quantitative estimate of drug-likeness (QED) is 0.469. The number of carbonyl (C=O) groups excluding carboxylic acids is 1. The number of benzene rings is 2. The maximum atomic E-state index is 13.7. The van der Waals surface area contributed by atoms with Gasteiger partial charge in [-0.1, -0.05) is 35.6 Å². The molecule has 0 saturated heterocycles. The van der Waals surface area contributed by atoms with Gasteiger partial charge < -0.3 is 14.2 Å². The minimum Gasteiger partial charge on any atom is -0.493 e. The summed E-state index contributed by atoms with van der Waals surface area (Å²) in [5, 5.41) is 0. The Bertz CT molecular complexity index is 1470. The highest BCUT2D eigenvalue weighted by Crippen LogP contribution is 2.40. The monoisotopic (exact) mass is 496 g/mol. The lowest BCUT2D eigenvalue weighted by atomic mass is 9.94. The second-order valence-corrected chi connectivity index (χ2v) is 8.67. The van der Waals surface area contributed by atoms with Crippen LogP contribution < -0.4 is 24.4 Å². The van der Waals surface area contributed by atoms with Crippen molar-refractivity contribution in [2.24, 2.45) is 4.99 Å². The van der Waals surface area contributed by atoms with Crippen LogP contribution in [0.3, 0.4) is 0 Å². The molecule has 0 saturated carbocycles. The normalized spacial score (nSPS) is 15.5. The van der Waals surface area contributed by atoms with E-state index >= 15 is 0 Å². The molecule has 3 aromatic rings. The maximum absolute atomic E-state index is 13.7. The van der Waals surface area contributed by atoms with Crippen molar-refractivity contribution >= 4 is 23.4 Å². The lowest BCUT2D eigenvalue weighted by Crippen LogP contribution is -2.40. The van der Waals surface area contributed by atoms with Crippen molar-refractivity contribution in [2.45, 2.75) is 26.8 Å². The van der Waals surface area contributed by atoms with E-state index in [1.807, 2.05) is 6.92 Å². The molecule has 1 aromatic heterocycles. The highest BCUT2D eigenvalue weighted by atomic mass is 32.1. The van der Waals surface area contributed by atoms with Crippen LogP contribution in [0.5, 0.6) is 11.5 Å². The molecule has 2 heterocycles. The molecule has 4 rings (SSSR count). The molecule has 7 nitrogen and oxygen atoms in total. The number of methoxy groups -OCH3 is 1. The molecular formula is C26H25FN2O5S. The van der Waals surface area contributed by atoms with Gasteiger partial charge in [0.1, 0.15) is 11.9 Å². The fraction of sp³-hybridized carbons (Fsp3) is 0.269. The molecule has 9 heteroatoms. The van der Waals surface area contributed by atoms with E-state index in [0.29, 0.717) is 44.3 Å². The third kappa shape index (κ3) is 4.64. The number of hydrogen-bond donors (Lipinski definition) is 0. The zero-order valence-corrected chi connectivity index (χ0v) is 20.6. The standard InChI is InChI=1S/C26H25FN2O5S/c1-5-33-23-18(8-7-9-19(23)32-4)22-21(25(31)34-6-2)15(3)28-26-29(22)24(30)20(35-26)14-16-10-12-17(27)13-11-16/h7-14,22H,5-6H2,1-4H3/b20-14+/t22-/m0/s1. The summed E-state index contributed by atoms with van der Waals surface area (Å²) in [7, 11) is 1.53. The Hall–Kier alpha value is -3.72. The third-order valence-electron chi connectivity index (χ3n) is 5.50. The van der Waals surface area contributed by atoms with Crippen LogP contribution in [0.25, 0.3) is 6.08 Å². The van der Waals surface area contributed by atoms with E-state index in [0.717, 1.165) is 0 Å². The van der Waals surface area contributed by atoms with Gasteiger partial charge >= 0.3 is 5.97 Å². The van der Waals surface area contributed by atoms with Gasteiger partial charge in [0, 0.05) is 5.56 Å². The van der Waals surface area contributed by atoms with E-state index in [1.54, 1.807) is 50.3 Å². The smallest absolute Gasteiger partial charge is 0.338 e. The first-order chi connectivity index (χ1) is 16.9. The molecule has 0 bridgehead atoms. The van der Waals surface area contributed by atoms with Crippen LogP contribution in [0.2, 0.25) is 0 Å². The Morgan fingerprint density at radius 3 is 2.57 bits per heavy atom. The average molecular weight is 497 g/mol. The Balaban J connectivity index is 2.01. The molecule has 0 amide bonds. The third-order valence-corrected chi connectivity index (χ3v) is 6.48. The summed E-state index contributed by atoms with van der Waals surface area (Å²) in [5.41, 5.74) is 1.63. The maximum Gasteiger partial charge on any atom is 0.338 e. The number of carbonyl (C=O) groups is 1. The number of hydrogen-bond acceptors (Lipinski definition) is 7. The molecule has 182 valence electrons. The first-order valence-corrected chi connectivity index (χ1v) is 12.0. The molecule has 35 heavy (non-hydrogen) atoms. The summed E-state index contributed by atoms with van der Waals surface area (Å²) in [4.78, 5) is 31.8. The number of fused-ring (bicyclic) bond motifs is 1. The Kier molecular flexibility index (Phi) is 7.16. The van der Waals surface area contributed by atoms with E-state index in [9.17, 15) is 14.0 Å². The zero-order valence-electron chi connectivity index (χ0n) is 19.8. The number of nitrogens with zero attached hydrogens (tertiary/aromatic N) is 2. The van der Waals surface area contributed by atoms with E-state index in [4.69, 9.17) is 14.2 Å². The Labute approximate surface area is 205 Å². The number of ether oxygens (including phenoxy) is 3. The summed E-state index contributed by atoms with van der Waals surface area (Å²) in [6, 6.07) is 10.4. The van der Waals surface area contributed by atoms with Crippen molar-refractivity contribution in [2.75, 3.05) is 20.3 Å². The zero-order chi connectivity index (χ0) is 25.1. The van der Waals surface area contributed by atoms with Crippen LogP contribution in [-0.4, -0.2) is 30.9 Å². The topological polar surface area (TPSA) is 79.1 Å². The Morgan fingerprint density at radius 1 is 1.17 bits per heavy atom. The predicted octanol–water partition coefficient (Wildman–Crippen LogP) is 3.34. The number of allylic oxidation sites excluding steroid dienone is 1. The van der Waals surface area contributed by atoms with Gasteiger partial charge in [0.15, 0.2) is 16.3 Å². The summed E-state index contributed by atoms with van der Waals surface area (Å²) in [6.45, 7) is 5.82. The van der Waals surface area contributed by atoms with Gasteiger partial charge in [-0.15, -0.1) is 0 Å². The van der Waals surface area contributed by atoms with Crippen LogP contribution >= 0.6 is 11.3 Å². The van der Waals surface area contributed by atoms with Crippen molar-refractivity contribution in [3.63, 3.8) is 0 Å². The summed E-state index contributed by atoms with van der Waals surface area (Å²) in [6.07, 6.45) is 1.68. The number of rotatable bonds is 7. The number of esters is 1. The molecule has 2 aromatic carbocycles. The van der Waals surface area contributed by atoms with Crippen LogP contribution in [0.1, 0.15) is 37.9 Å². The molecule has 0 aliphatic carbocycles. The Morgan fingerprint density at radius 2 is 1.91 bits per heavy atom. The molecule has 0 radical (unpaired) electrons. The molecule has 0 N–H and O–H groups in total. The van der Waals surface area contributed by atoms with Crippen molar-refractivity contribution in [1.82, 2.24) is 4.57 Å². The van der Waals surface area contributed by atoms with Crippen molar-refractivity contribution < 1.29 is 23.4 Å². The molecule has 0 unspecified atom stereocenters. The fourth-order valence-corrected chi connectivity index (χ4v) is 5.05. The van der Waals surface area contributed by atoms with Gasteiger partial charge in [-0.05, 0) is 50.6 Å². The fourth-order valence-electron chi connectivity index (χ4n) is 4.00. The van der Waals surface area contributed by atoms with Crippen LogP contribution in [0.4, 0.5) is 4.39 Å². The van der Waals surface area contributed by atoms with Crippen LogP contribution in [0, 0.1) is 5.82 Å². The van der Waals surface area contributed by atoms with Gasteiger partial charge in [-0.3, -0.25) is 9.36 Å². The first-order valence-electron chi connectivity index (χ1n) is 11.1. The summed E-state index contributed by atoms with van der Waals surface area (Å²) >= 11 is 1.20. The van der Waals surface area contributed by atoms with Gasteiger partial charge in [0.2, 0.25) is 0 Å². The minimum atomic E-state index is -0.836. The molecule has 0 fully saturated rings. The van der Waals surface area contributed by atoms with Gasteiger partial charge in [0.05, 0.1) is 36.1 Å². The van der Waals surface area contributed by atoms with E-state index in [1.165, 1.54) is 35.1 Å². The van der Waals surface area contributed by atoms with E-state index in [-0.39, 0.29) is 23.6 Å². The lowest BCUT2D eigenvalue weighted by molar-refractivity contribution is -0.139. The highest BCUT2D eigenvalue weighted by Gasteiger charge is 2.35. The lowest BCUT2D eigenvalue weighted by Gasteiger charge is -2.26. The SMILES string of the molecule is CCOC(=O)C1=C(C)N=c2s/c(=C/c3ccc(F)cc3)c(=O)n2[C@H]1c1cccc(OC)c1OCC. The number of thiazole rings is 1. The minimum absolute atomic E-state index is 0.174. The molecule has 1 aliphatic rings. The summed E-state index contributed by atoms with van der Waals surface area (Å²) in [5.74, 6) is -0.000567. The predicted molar refractivity (Wildman–Crippen MR) is 131 cm³/mol. The molecular weight excluding hydrogens is 471 g/mol. The van der Waals surface area contributed by atoms with Gasteiger partial charge in [0.25, 0.3) is 5.56 Å². The van der Waals surface area contributed by atoms with Gasteiger partial charge in [-0.2, -0.15) is 0 Å². The molecule has 1 atom stereocenters. The van der Waals surface area contributed by atoms with E-state index < -0.39 is 12.0 Å². The van der Waals surface area contributed by atoms with Crippen LogP contribution in [0.15, 0.2) is 63.5 Å². The number of aromatic nitrogens is 1. The molecule has 0 spiro atoms. The second kappa shape index (κ2) is 10.3. The van der Waals surface area contributed by atoms with Crippen molar-refractivity contribution in [1.29, 1.82) is 0 Å². The van der Waals surface area contributed by atoms with Crippen molar-refractivity contribution in [3.05, 3.63) is 90.4 Å². The van der Waals surface area contributed by atoms with E-state index in [2.05, 4.69) is 4.99 Å². The average Bonchev–Trinajstić information content (AvgIpc) is 3.14. The first kappa shape index (κ1) is 24.4. The summed E-state index contributed by atoms with van der Waals surface area (Å²) < 4.78 is 32.0. The van der Waals surface area contributed by atoms with Crippen LogP contribution in [-0.2, 0) is 9.53 Å². The van der Waals surface area contributed by atoms with Crippen molar-refractivity contribution in [3.8, 4) is 11.5 Å². The largest absolute Gasteiger partial charge is 0.493 e. The number of para-hydroxylation sites is 1. The second-order valence-electron chi connectivity index (χ2n) is 7.67. The molecule has 1 aliphatic heterocycles. The van der Waals surface area contributed by atoms with Gasteiger partial charge in [-0.25, -0.2) is 14.2 Å². The number of halogens is 1.